The zero-order chi connectivity index (χ0) is 10.5. The molecule has 0 radical (unpaired) electrons. The molecule has 2 nitrogen and oxygen atoms in total. The van der Waals surface area contributed by atoms with Gasteiger partial charge in [0.2, 0.25) is 0 Å². The predicted octanol–water partition coefficient (Wildman–Crippen LogP) is 2.66. The fraction of sp³-hybridized carbons (Fsp3) is 0.909. The Bertz CT molecular complexity index is 174. The maximum absolute atomic E-state index is 8.64. The van der Waals surface area contributed by atoms with Gasteiger partial charge in [0.25, 0.3) is 0 Å². The van der Waals surface area contributed by atoms with E-state index in [1.54, 1.807) is 0 Å². The summed E-state index contributed by atoms with van der Waals surface area (Å²) in [6, 6.07) is 2.66. The number of nitriles is 1. The molecule has 0 aromatic carbocycles. The molecule has 76 valence electrons. The van der Waals surface area contributed by atoms with E-state index in [1.807, 2.05) is 0 Å². The van der Waals surface area contributed by atoms with E-state index in [1.165, 1.54) is 0 Å². The summed E-state index contributed by atoms with van der Waals surface area (Å²) in [6.45, 7) is 9.86. The highest BCUT2D eigenvalue weighted by Crippen LogP contribution is 2.17. The lowest BCUT2D eigenvalue weighted by Gasteiger charge is -2.31. The predicted molar refractivity (Wildman–Crippen MR) is 56.4 cm³/mol. The van der Waals surface area contributed by atoms with Crippen molar-refractivity contribution in [3.05, 3.63) is 0 Å². The molecular weight excluding hydrogens is 160 g/mol. The van der Waals surface area contributed by atoms with Crippen molar-refractivity contribution in [3.63, 3.8) is 0 Å². The van der Waals surface area contributed by atoms with Crippen molar-refractivity contribution in [2.24, 2.45) is 5.41 Å². The van der Waals surface area contributed by atoms with E-state index in [9.17, 15) is 0 Å². The Morgan fingerprint density at radius 1 is 1.38 bits per heavy atom. The van der Waals surface area contributed by atoms with Crippen LogP contribution in [0.15, 0.2) is 0 Å². The topological polar surface area (TPSA) is 27.0 Å². The lowest BCUT2D eigenvalue weighted by Crippen LogP contribution is -2.37. The van der Waals surface area contributed by atoms with Crippen LogP contribution >= 0.6 is 0 Å². The first-order valence-electron chi connectivity index (χ1n) is 4.98. The van der Waals surface area contributed by atoms with Crippen LogP contribution in [-0.4, -0.2) is 24.5 Å². The first-order chi connectivity index (χ1) is 5.90. The van der Waals surface area contributed by atoms with Gasteiger partial charge in [-0.05, 0) is 18.9 Å². The SMILES string of the molecule is CCC(CC#N)N(C)CC(C)(C)C. The fourth-order valence-corrected chi connectivity index (χ4v) is 1.59. The van der Waals surface area contributed by atoms with Crippen molar-refractivity contribution in [1.29, 1.82) is 5.26 Å². The third kappa shape index (κ3) is 5.65. The molecule has 0 saturated heterocycles. The molecule has 0 bridgehead atoms. The zero-order valence-electron chi connectivity index (χ0n) is 9.59. The van der Waals surface area contributed by atoms with Gasteiger partial charge in [-0.3, -0.25) is 0 Å². The van der Waals surface area contributed by atoms with Gasteiger partial charge in [0, 0.05) is 12.6 Å². The highest BCUT2D eigenvalue weighted by Gasteiger charge is 2.18. The summed E-state index contributed by atoms with van der Waals surface area (Å²) < 4.78 is 0. The Morgan fingerprint density at radius 3 is 2.23 bits per heavy atom. The maximum Gasteiger partial charge on any atom is 0.0638 e. The van der Waals surface area contributed by atoms with Crippen molar-refractivity contribution in [2.75, 3.05) is 13.6 Å². The number of nitrogens with zero attached hydrogens (tertiary/aromatic N) is 2. The molecule has 0 aromatic heterocycles. The lowest BCUT2D eigenvalue weighted by atomic mass is 9.95. The minimum Gasteiger partial charge on any atom is -0.302 e. The van der Waals surface area contributed by atoms with Crippen LogP contribution in [0.4, 0.5) is 0 Å². The number of hydrogen-bond acceptors (Lipinski definition) is 2. The van der Waals surface area contributed by atoms with Crippen molar-refractivity contribution < 1.29 is 0 Å². The minimum atomic E-state index is 0.317. The second-order valence-corrected chi connectivity index (χ2v) is 4.90. The molecular formula is C11H22N2. The molecule has 0 aliphatic rings. The third-order valence-corrected chi connectivity index (χ3v) is 2.15. The van der Waals surface area contributed by atoms with Gasteiger partial charge < -0.3 is 4.90 Å². The third-order valence-electron chi connectivity index (χ3n) is 2.15. The van der Waals surface area contributed by atoms with Crippen LogP contribution in [0.3, 0.4) is 0 Å². The van der Waals surface area contributed by atoms with Crippen LogP contribution in [0.1, 0.15) is 40.5 Å². The first-order valence-corrected chi connectivity index (χ1v) is 4.98. The van der Waals surface area contributed by atoms with Gasteiger partial charge in [0.1, 0.15) is 0 Å². The average molecular weight is 182 g/mol. The lowest BCUT2D eigenvalue weighted by molar-refractivity contribution is 0.169. The van der Waals surface area contributed by atoms with Crippen LogP contribution in [0.2, 0.25) is 0 Å². The summed E-state index contributed by atoms with van der Waals surface area (Å²) in [5.41, 5.74) is 0.317. The molecule has 0 heterocycles. The normalized spacial score (nSPS) is 14.2. The van der Waals surface area contributed by atoms with Crippen molar-refractivity contribution in [1.82, 2.24) is 4.90 Å². The largest absolute Gasteiger partial charge is 0.302 e. The zero-order valence-corrected chi connectivity index (χ0v) is 9.59. The van der Waals surface area contributed by atoms with Crippen molar-refractivity contribution >= 4 is 0 Å². The molecule has 13 heavy (non-hydrogen) atoms. The molecule has 0 amide bonds. The Morgan fingerprint density at radius 2 is 1.92 bits per heavy atom. The molecule has 0 aliphatic carbocycles. The van der Waals surface area contributed by atoms with Crippen LogP contribution in [0, 0.1) is 16.7 Å². The van der Waals surface area contributed by atoms with Crippen LogP contribution < -0.4 is 0 Å². The summed E-state index contributed by atoms with van der Waals surface area (Å²) in [5.74, 6) is 0. The first kappa shape index (κ1) is 12.4. The Hall–Kier alpha value is -0.550. The Kier molecular flexibility index (Phi) is 5.02. The number of rotatable bonds is 4. The monoisotopic (exact) mass is 182 g/mol. The van der Waals surface area contributed by atoms with Crippen molar-refractivity contribution in [3.8, 4) is 6.07 Å². The summed E-state index contributed by atoms with van der Waals surface area (Å²) in [7, 11) is 2.11. The molecule has 0 saturated carbocycles. The van der Waals surface area contributed by atoms with Gasteiger partial charge in [-0.25, -0.2) is 0 Å². The van der Waals surface area contributed by atoms with E-state index in [0.29, 0.717) is 17.9 Å². The molecule has 1 atom stereocenters. The second-order valence-electron chi connectivity index (χ2n) is 4.90. The van der Waals surface area contributed by atoms with E-state index in [0.717, 1.165) is 13.0 Å². The molecule has 0 spiro atoms. The molecule has 0 aliphatic heterocycles. The summed E-state index contributed by atoms with van der Waals surface area (Å²) >= 11 is 0. The van der Waals surface area contributed by atoms with Gasteiger partial charge in [-0.2, -0.15) is 5.26 Å². The van der Waals surface area contributed by atoms with Crippen LogP contribution in [0.25, 0.3) is 0 Å². The van der Waals surface area contributed by atoms with Crippen molar-refractivity contribution in [2.45, 2.75) is 46.6 Å². The highest BCUT2D eigenvalue weighted by atomic mass is 15.1. The van der Waals surface area contributed by atoms with Gasteiger partial charge in [0.15, 0.2) is 0 Å². The van der Waals surface area contributed by atoms with E-state index >= 15 is 0 Å². The van der Waals surface area contributed by atoms with Crippen LogP contribution in [0.5, 0.6) is 0 Å². The molecule has 0 aromatic rings. The molecule has 0 N–H and O–H groups in total. The van der Waals surface area contributed by atoms with Gasteiger partial charge in [-0.15, -0.1) is 0 Å². The van der Waals surface area contributed by atoms with Gasteiger partial charge in [-0.1, -0.05) is 27.7 Å². The van der Waals surface area contributed by atoms with E-state index in [-0.39, 0.29) is 0 Å². The Balaban J connectivity index is 4.07. The molecule has 0 fully saturated rings. The second kappa shape index (κ2) is 5.24. The smallest absolute Gasteiger partial charge is 0.0638 e. The summed E-state index contributed by atoms with van der Waals surface area (Å²) in [6.07, 6.45) is 1.70. The summed E-state index contributed by atoms with van der Waals surface area (Å²) in [4.78, 5) is 2.29. The molecule has 1 unspecified atom stereocenters. The maximum atomic E-state index is 8.64. The average Bonchev–Trinajstić information content (AvgIpc) is 1.96. The van der Waals surface area contributed by atoms with Gasteiger partial charge in [0.05, 0.1) is 12.5 Å². The van der Waals surface area contributed by atoms with Crippen LogP contribution in [-0.2, 0) is 0 Å². The van der Waals surface area contributed by atoms with E-state index in [2.05, 4.69) is 45.7 Å². The van der Waals surface area contributed by atoms with E-state index in [4.69, 9.17) is 5.26 Å². The van der Waals surface area contributed by atoms with E-state index < -0.39 is 0 Å². The number of hydrogen-bond donors (Lipinski definition) is 0. The quantitative estimate of drug-likeness (QED) is 0.668. The minimum absolute atomic E-state index is 0.317. The Labute approximate surface area is 82.5 Å². The van der Waals surface area contributed by atoms with Gasteiger partial charge >= 0.3 is 0 Å². The highest BCUT2D eigenvalue weighted by molar-refractivity contribution is 4.82. The standard InChI is InChI=1S/C11H22N2/c1-6-10(7-8-12)13(5)9-11(2,3)4/h10H,6-7,9H2,1-5H3. The fourth-order valence-electron chi connectivity index (χ4n) is 1.59. The summed E-state index contributed by atoms with van der Waals surface area (Å²) in [5, 5.41) is 8.64. The molecule has 2 heteroatoms. The molecule has 0 rings (SSSR count).